The van der Waals surface area contributed by atoms with Crippen LogP contribution < -0.4 is 5.32 Å². The first kappa shape index (κ1) is 41.2. The summed E-state index contributed by atoms with van der Waals surface area (Å²) in [7, 11) is -6.48. The molecule has 11 atom stereocenters. The molecule has 4 rings (SSSR count). The molecule has 0 amide bonds. The van der Waals surface area contributed by atoms with Gasteiger partial charge < -0.3 is 33.1 Å². The summed E-state index contributed by atoms with van der Waals surface area (Å²) in [6, 6.07) is 12.8. The van der Waals surface area contributed by atoms with E-state index in [0.717, 1.165) is 8.95 Å². The zero-order valence-corrected chi connectivity index (χ0v) is 34.7. The van der Waals surface area contributed by atoms with Crippen LogP contribution in [0.1, 0.15) is 48.0 Å². The van der Waals surface area contributed by atoms with Gasteiger partial charge in [-0.3, -0.25) is 0 Å². The summed E-state index contributed by atoms with van der Waals surface area (Å²) in [5, 5.41) is 3.24. The first-order valence-electron chi connectivity index (χ1n) is 16.3. The summed E-state index contributed by atoms with van der Waals surface area (Å²) in [6.45, 7) is 11.5. The van der Waals surface area contributed by atoms with Crippen LogP contribution in [0.3, 0.4) is 0 Å². The molecule has 0 radical (unpaired) electrons. The van der Waals surface area contributed by atoms with Gasteiger partial charge in [0.1, 0.15) is 6.10 Å². The molecular formula is C33H48Br2NO10PS2. The van der Waals surface area contributed by atoms with Gasteiger partial charge in [-0.05, 0) is 74.8 Å². The van der Waals surface area contributed by atoms with Crippen molar-refractivity contribution in [1.29, 1.82) is 0 Å². The van der Waals surface area contributed by atoms with Crippen LogP contribution in [0.25, 0.3) is 0 Å². The summed E-state index contributed by atoms with van der Waals surface area (Å²) in [4.78, 5) is 0.304. The molecular weight excluding hydrogens is 825 g/mol. The Morgan fingerprint density at radius 1 is 0.816 bits per heavy atom. The fourth-order valence-electron chi connectivity index (χ4n) is 6.33. The summed E-state index contributed by atoms with van der Waals surface area (Å²) < 4.78 is 93.9. The van der Waals surface area contributed by atoms with Crippen LogP contribution in [0.2, 0.25) is 0 Å². The lowest BCUT2D eigenvalue weighted by molar-refractivity contribution is -0.0329. The lowest BCUT2D eigenvalue weighted by atomic mass is 10.0. The fraction of sp³-hybridized carbons (Fsp3) is 0.636. The molecule has 2 aliphatic rings. The Bertz CT molecular complexity index is 1580. The number of nitrogens with one attached hydrogen (secondary N) is 1. The van der Waals surface area contributed by atoms with Gasteiger partial charge >= 0.3 is 8.60 Å². The van der Waals surface area contributed by atoms with E-state index in [4.69, 9.17) is 27.8 Å². The second-order valence-electron chi connectivity index (χ2n) is 12.9. The summed E-state index contributed by atoms with van der Waals surface area (Å²) in [5.74, 6) is -1.01. The Hall–Kier alpha value is -0.550. The molecule has 2 aromatic rings. The molecule has 0 bridgehead atoms. The van der Waals surface area contributed by atoms with E-state index in [1.54, 1.807) is 50.2 Å². The largest absolute Gasteiger partial charge is 0.378 e. The number of methoxy groups -OCH3 is 1. The topological polar surface area (TPSA) is 136 Å². The van der Waals surface area contributed by atoms with E-state index in [0.29, 0.717) is 6.42 Å². The Kier molecular flexibility index (Phi) is 14.7. The minimum absolute atomic E-state index is 0.0688. The number of hydrogen-bond donors (Lipinski definition) is 1. The molecule has 16 heteroatoms. The van der Waals surface area contributed by atoms with Gasteiger partial charge in [-0.1, -0.05) is 66.5 Å². The third-order valence-electron chi connectivity index (χ3n) is 9.18. The van der Waals surface area contributed by atoms with Gasteiger partial charge in [0.15, 0.2) is 10.9 Å². The number of sulfone groups is 2. The van der Waals surface area contributed by atoms with Crippen molar-refractivity contribution in [2.75, 3.05) is 20.8 Å². The highest BCUT2D eigenvalue weighted by Crippen LogP contribution is 2.50. The predicted molar refractivity (Wildman–Crippen MR) is 195 cm³/mol. The molecule has 49 heavy (non-hydrogen) atoms. The predicted octanol–water partition coefficient (Wildman–Crippen LogP) is 6.88. The Labute approximate surface area is 309 Å². The smallest absolute Gasteiger partial charge is 0.333 e. The molecule has 2 fully saturated rings. The number of hydrogen-bond acceptors (Lipinski definition) is 11. The number of rotatable bonds is 16. The molecule has 0 spiro atoms. The van der Waals surface area contributed by atoms with E-state index in [1.807, 2.05) is 34.7 Å². The minimum Gasteiger partial charge on any atom is -0.378 e. The second-order valence-corrected chi connectivity index (χ2v) is 19.9. The lowest BCUT2D eigenvalue weighted by Gasteiger charge is -2.33. The first-order valence-corrected chi connectivity index (χ1v) is 22.1. The molecule has 1 N–H and O–H groups in total. The Morgan fingerprint density at radius 2 is 1.29 bits per heavy atom. The molecule has 276 valence electrons. The van der Waals surface area contributed by atoms with Gasteiger partial charge in [-0.2, -0.15) is 0 Å². The third-order valence-corrected chi connectivity index (χ3v) is 15.6. The van der Waals surface area contributed by atoms with Gasteiger partial charge in [-0.25, -0.2) is 16.8 Å². The molecule has 2 saturated heterocycles. The van der Waals surface area contributed by atoms with Crippen LogP contribution in [0.15, 0.2) is 67.3 Å². The number of likely N-dealkylation sites (N-methyl/N-ethyl adjacent to an activating group) is 1. The van der Waals surface area contributed by atoms with Gasteiger partial charge in [0.05, 0.1) is 40.8 Å². The first-order chi connectivity index (χ1) is 23.1. The average molecular weight is 874 g/mol. The summed E-state index contributed by atoms with van der Waals surface area (Å²) in [5.41, 5.74) is -2.30. The van der Waals surface area contributed by atoms with Crippen LogP contribution in [0, 0.1) is 17.8 Å². The van der Waals surface area contributed by atoms with Crippen LogP contribution >= 0.6 is 40.5 Å². The van der Waals surface area contributed by atoms with Crippen molar-refractivity contribution < 1.29 is 44.6 Å². The molecule has 11 nitrogen and oxygen atoms in total. The van der Waals surface area contributed by atoms with Crippen LogP contribution in [0.4, 0.5) is 0 Å². The van der Waals surface area contributed by atoms with Gasteiger partial charge in [-0.15, -0.1) is 0 Å². The van der Waals surface area contributed by atoms with E-state index in [1.165, 1.54) is 19.2 Å². The normalized spacial score (nSPS) is 29.7. The minimum atomic E-state index is -3.87. The van der Waals surface area contributed by atoms with Gasteiger partial charge in [0.25, 0.3) is 0 Å². The third kappa shape index (κ3) is 9.34. The van der Waals surface area contributed by atoms with E-state index in [2.05, 4.69) is 37.2 Å². The standard InChI is InChI=1S/C33H48Br2NO10PS2/c1-9-27-31(21(5)33(43-27)49(39,40)26-16-12-24(35)13-17-26)46-47(45-29(19(2)3)22(6)36-7)42-18-28-30(41-8)20(4)32(44-28)48(37,38)25-14-10-23(34)11-15-25/h10-17,19-22,27-33,36H,9,18H2,1-8H3/t20?,21?,22?,27-,28-,29?,30-,31-,32+,33+,47?/m1/s1. The van der Waals surface area contributed by atoms with Crippen molar-refractivity contribution in [1.82, 2.24) is 5.32 Å². The average Bonchev–Trinajstić information content (AvgIpc) is 3.57. The Morgan fingerprint density at radius 3 is 1.71 bits per heavy atom. The molecule has 0 aliphatic carbocycles. The fourth-order valence-corrected chi connectivity index (χ4v) is 12.0. The van der Waals surface area contributed by atoms with Gasteiger partial charge in [0, 0.05) is 33.9 Å². The molecule has 2 aromatic carbocycles. The van der Waals surface area contributed by atoms with Crippen LogP contribution in [-0.2, 0) is 47.5 Å². The summed E-state index contributed by atoms with van der Waals surface area (Å²) in [6.07, 6.45) is -2.40. The van der Waals surface area contributed by atoms with E-state index in [9.17, 15) is 16.8 Å². The Balaban J connectivity index is 1.58. The molecule has 5 unspecified atom stereocenters. The van der Waals surface area contributed by atoms with Crippen LogP contribution in [-0.4, -0.2) is 85.0 Å². The van der Waals surface area contributed by atoms with Crippen molar-refractivity contribution in [3.8, 4) is 0 Å². The highest BCUT2D eigenvalue weighted by molar-refractivity contribution is 9.10. The van der Waals surface area contributed by atoms with Crippen molar-refractivity contribution >= 4 is 60.1 Å². The molecule has 0 aromatic heterocycles. The van der Waals surface area contributed by atoms with Crippen molar-refractivity contribution in [3.63, 3.8) is 0 Å². The lowest BCUT2D eigenvalue weighted by Crippen LogP contribution is -2.40. The monoisotopic (exact) mass is 871 g/mol. The highest BCUT2D eigenvalue weighted by Gasteiger charge is 2.52. The number of benzene rings is 2. The van der Waals surface area contributed by atoms with E-state index >= 15 is 0 Å². The van der Waals surface area contributed by atoms with Crippen molar-refractivity contribution in [3.05, 3.63) is 57.5 Å². The van der Waals surface area contributed by atoms with Gasteiger partial charge in [0.2, 0.25) is 19.7 Å². The van der Waals surface area contributed by atoms with Crippen molar-refractivity contribution in [2.24, 2.45) is 17.8 Å². The SMILES string of the molecule is CC[C@H]1O[C@@H](S(=O)(=O)c2ccc(Br)cc2)C(C)[C@H]1OP(OC[C@H]1O[C@@H](S(=O)(=O)c2ccc(Br)cc2)C(C)[C@H]1OC)OC(C(C)C)C(C)NC. The molecule has 2 heterocycles. The highest BCUT2D eigenvalue weighted by atomic mass is 79.9. The zero-order chi connectivity index (χ0) is 36.3. The zero-order valence-electron chi connectivity index (χ0n) is 29.0. The maximum Gasteiger partial charge on any atom is 0.333 e. The molecule has 0 saturated carbocycles. The summed E-state index contributed by atoms with van der Waals surface area (Å²) >= 11 is 6.71. The maximum absolute atomic E-state index is 13.7. The second kappa shape index (κ2) is 17.5. The quantitative estimate of drug-likeness (QED) is 0.177. The number of halogens is 2. The van der Waals surface area contributed by atoms with Crippen molar-refractivity contribution in [2.45, 2.75) is 105 Å². The van der Waals surface area contributed by atoms with Crippen LogP contribution in [0.5, 0.6) is 0 Å². The molecule has 2 aliphatic heterocycles. The van der Waals surface area contributed by atoms with E-state index < -0.39 is 75.4 Å². The van der Waals surface area contributed by atoms with E-state index in [-0.39, 0.29) is 34.5 Å². The maximum atomic E-state index is 13.7. The number of ether oxygens (including phenoxy) is 3.